The van der Waals surface area contributed by atoms with Gasteiger partial charge in [0.25, 0.3) is 0 Å². The summed E-state index contributed by atoms with van der Waals surface area (Å²) in [6.45, 7) is 7.93. The Bertz CT molecular complexity index is 886. The van der Waals surface area contributed by atoms with E-state index in [0.717, 1.165) is 15.6 Å². The van der Waals surface area contributed by atoms with Crippen molar-refractivity contribution in [3.05, 3.63) is 69.2 Å². The molecule has 0 aromatic heterocycles. The van der Waals surface area contributed by atoms with Gasteiger partial charge in [0.15, 0.2) is 0 Å². The topological polar surface area (TPSA) is 49.4 Å². The maximum atomic E-state index is 13.1. The van der Waals surface area contributed by atoms with Crippen molar-refractivity contribution in [3.8, 4) is 0 Å². The van der Waals surface area contributed by atoms with Crippen LogP contribution in [-0.2, 0) is 21.9 Å². The Morgan fingerprint density at radius 1 is 1.13 bits per heavy atom. The maximum Gasteiger partial charge on any atom is 0.242 e. The van der Waals surface area contributed by atoms with E-state index in [9.17, 15) is 9.59 Å². The third-order valence-electron chi connectivity index (χ3n) is 4.29. The van der Waals surface area contributed by atoms with Gasteiger partial charge >= 0.3 is 0 Å². The monoisotopic (exact) mass is 510 g/mol. The molecule has 0 fully saturated rings. The number of nitrogens with zero attached hydrogens (tertiary/aromatic N) is 1. The summed E-state index contributed by atoms with van der Waals surface area (Å²) in [7, 11) is 0. The highest BCUT2D eigenvalue weighted by molar-refractivity contribution is 9.10. The SMILES string of the molecule is CC(C(=O)NC(C)(C)C)N(Cc1cccc(Br)c1)C(=O)CSCc1cccc(Cl)c1. The molecule has 4 nitrogen and oxygen atoms in total. The van der Waals surface area contributed by atoms with Crippen molar-refractivity contribution >= 4 is 51.1 Å². The molecule has 30 heavy (non-hydrogen) atoms. The first kappa shape index (κ1) is 24.8. The van der Waals surface area contributed by atoms with Crippen molar-refractivity contribution in [2.45, 2.75) is 51.6 Å². The highest BCUT2D eigenvalue weighted by Crippen LogP contribution is 2.20. The van der Waals surface area contributed by atoms with E-state index in [0.29, 0.717) is 17.3 Å². The number of hydrogen-bond donors (Lipinski definition) is 1. The predicted octanol–water partition coefficient (Wildman–Crippen LogP) is 5.67. The van der Waals surface area contributed by atoms with Gasteiger partial charge in [0.1, 0.15) is 6.04 Å². The fraction of sp³-hybridized carbons (Fsp3) is 0.391. The van der Waals surface area contributed by atoms with Gasteiger partial charge in [0.2, 0.25) is 11.8 Å². The number of amides is 2. The first-order chi connectivity index (χ1) is 14.0. The van der Waals surface area contributed by atoms with Crippen LogP contribution < -0.4 is 5.32 Å². The van der Waals surface area contributed by atoms with E-state index in [1.54, 1.807) is 11.8 Å². The number of nitrogens with one attached hydrogen (secondary N) is 1. The van der Waals surface area contributed by atoms with Crippen LogP contribution in [0.2, 0.25) is 5.02 Å². The molecule has 0 saturated heterocycles. The lowest BCUT2D eigenvalue weighted by Crippen LogP contribution is -2.52. The molecule has 0 saturated carbocycles. The molecule has 0 bridgehead atoms. The van der Waals surface area contributed by atoms with E-state index >= 15 is 0 Å². The number of hydrogen-bond acceptors (Lipinski definition) is 3. The Kier molecular flexibility index (Phi) is 9.26. The van der Waals surface area contributed by atoms with Gasteiger partial charge in [-0.05, 0) is 63.1 Å². The Morgan fingerprint density at radius 3 is 2.43 bits per heavy atom. The molecule has 2 rings (SSSR count). The second-order valence-corrected chi connectivity index (χ2v) is 10.5. The molecule has 0 radical (unpaired) electrons. The van der Waals surface area contributed by atoms with Crippen molar-refractivity contribution in [1.29, 1.82) is 0 Å². The van der Waals surface area contributed by atoms with Crippen LogP contribution in [0.1, 0.15) is 38.8 Å². The van der Waals surface area contributed by atoms with Crippen LogP contribution in [0, 0.1) is 0 Å². The van der Waals surface area contributed by atoms with E-state index < -0.39 is 6.04 Å². The van der Waals surface area contributed by atoms with Crippen LogP contribution >= 0.6 is 39.3 Å². The molecule has 1 N–H and O–H groups in total. The number of thioether (sulfide) groups is 1. The zero-order valence-electron chi connectivity index (χ0n) is 17.7. The average Bonchev–Trinajstić information content (AvgIpc) is 2.64. The molecule has 2 aromatic rings. The van der Waals surface area contributed by atoms with Gasteiger partial charge in [0.05, 0.1) is 5.75 Å². The van der Waals surface area contributed by atoms with Gasteiger partial charge in [-0.3, -0.25) is 9.59 Å². The van der Waals surface area contributed by atoms with E-state index in [1.165, 1.54) is 11.8 Å². The van der Waals surface area contributed by atoms with Gasteiger partial charge in [-0.2, -0.15) is 0 Å². The lowest BCUT2D eigenvalue weighted by molar-refractivity contribution is -0.139. The number of carbonyl (C=O) groups excluding carboxylic acids is 2. The minimum absolute atomic E-state index is 0.0708. The molecule has 0 spiro atoms. The van der Waals surface area contributed by atoms with Crippen LogP contribution in [0.4, 0.5) is 0 Å². The Labute approximate surface area is 196 Å². The van der Waals surface area contributed by atoms with E-state index in [1.807, 2.05) is 69.3 Å². The summed E-state index contributed by atoms with van der Waals surface area (Å²) in [6.07, 6.45) is 0. The largest absolute Gasteiger partial charge is 0.350 e. The summed E-state index contributed by atoms with van der Waals surface area (Å²) in [4.78, 5) is 27.5. The summed E-state index contributed by atoms with van der Waals surface area (Å²) in [5, 5.41) is 3.66. The van der Waals surface area contributed by atoms with E-state index in [4.69, 9.17) is 11.6 Å². The summed E-state index contributed by atoms with van der Waals surface area (Å²) in [5.41, 5.74) is 1.67. The zero-order valence-corrected chi connectivity index (χ0v) is 20.9. The average molecular weight is 512 g/mol. The lowest BCUT2D eigenvalue weighted by atomic mass is 10.1. The van der Waals surface area contributed by atoms with Crippen LogP contribution in [0.15, 0.2) is 53.0 Å². The second kappa shape index (κ2) is 11.2. The quantitative estimate of drug-likeness (QED) is 0.497. The van der Waals surface area contributed by atoms with Gasteiger partial charge in [-0.15, -0.1) is 11.8 Å². The predicted molar refractivity (Wildman–Crippen MR) is 130 cm³/mol. The molecule has 0 heterocycles. The Balaban J connectivity index is 2.10. The highest BCUT2D eigenvalue weighted by atomic mass is 79.9. The number of halogens is 2. The minimum Gasteiger partial charge on any atom is -0.350 e. The normalized spacial score (nSPS) is 12.3. The summed E-state index contributed by atoms with van der Waals surface area (Å²) in [6, 6.07) is 14.8. The number of rotatable bonds is 8. The molecule has 2 amide bonds. The van der Waals surface area contributed by atoms with Crippen molar-refractivity contribution in [3.63, 3.8) is 0 Å². The molecule has 0 aliphatic heterocycles. The summed E-state index contributed by atoms with van der Waals surface area (Å²) in [5.74, 6) is 0.733. The molecule has 0 aliphatic carbocycles. The Hall–Kier alpha value is -1.50. The van der Waals surface area contributed by atoms with Crippen molar-refractivity contribution in [2.24, 2.45) is 0 Å². The van der Waals surface area contributed by atoms with Crippen LogP contribution in [0.3, 0.4) is 0 Å². The third kappa shape index (κ3) is 8.32. The first-order valence-corrected chi connectivity index (χ1v) is 12.1. The van der Waals surface area contributed by atoms with Gasteiger partial charge in [-0.25, -0.2) is 0 Å². The lowest BCUT2D eigenvalue weighted by Gasteiger charge is -2.31. The van der Waals surface area contributed by atoms with Gasteiger partial charge < -0.3 is 10.2 Å². The Morgan fingerprint density at radius 2 is 1.80 bits per heavy atom. The van der Waals surface area contributed by atoms with Crippen LogP contribution in [-0.4, -0.2) is 34.0 Å². The summed E-state index contributed by atoms with van der Waals surface area (Å²) >= 11 is 11.0. The van der Waals surface area contributed by atoms with Crippen molar-refractivity contribution < 1.29 is 9.59 Å². The van der Waals surface area contributed by atoms with Crippen molar-refractivity contribution in [1.82, 2.24) is 10.2 Å². The third-order valence-corrected chi connectivity index (χ3v) is 6.01. The zero-order chi connectivity index (χ0) is 22.3. The molecule has 2 aromatic carbocycles. The van der Waals surface area contributed by atoms with Crippen LogP contribution in [0.25, 0.3) is 0 Å². The standard InChI is InChI=1S/C23H28BrClN2O2S/c1-16(22(29)26-23(2,3)4)27(13-17-7-5-9-19(24)11-17)21(28)15-30-14-18-8-6-10-20(25)12-18/h5-12,16H,13-15H2,1-4H3,(H,26,29). The van der Waals surface area contributed by atoms with Gasteiger partial charge in [-0.1, -0.05) is 51.8 Å². The second-order valence-electron chi connectivity index (χ2n) is 8.19. The molecule has 162 valence electrons. The maximum absolute atomic E-state index is 13.1. The summed E-state index contributed by atoms with van der Waals surface area (Å²) < 4.78 is 0.939. The fourth-order valence-corrected chi connectivity index (χ4v) is 4.37. The number of carbonyl (C=O) groups is 2. The molecule has 7 heteroatoms. The minimum atomic E-state index is -0.581. The van der Waals surface area contributed by atoms with E-state index in [-0.39, 0.29) is 23.1 Å². The first-order valence-electron chi connectivity index (χ1n) is 9.73. The number of benzene rings is 2. The highest BCUT2D eigenvalue weighted by Gasteiger charge is 2.28. The van der Waals surface area contributed by atoms with E-state index in [2.05, 4.69) is 21.2 Å². The smallest absolute Gasteiger partial charge is 0.242 e. The molecule has 1 unspecified atom stereocenters. The molecule has 0 aliphatic rings. The van der Waals surface area contributed by atoms with Crippen LogP contribution in [0.5, 0.6) is 0 Å². The molecular weight excluding hydrogens is 484 g/mol. The van der Waals surface area contributed by atoms with Gasteiger partial charge in [0, 0.05) is 27.3 Å². The molecular formula is C23H28BrClN2O2S. The van der Waals surface area contributed by atoms with Crippen molar-refractivity contribution in [2.75, 3.05) is 5.75 Å². The fourth-order valence-electron chi connectivity index (χ4n) is 2.85. The molecule has 1 atom stereocenters.